The summed E-state index contributed by atoms with van der Waals surface area (Å²) in [4.78, 5) is 2.54. The van der Waals surface area contributed by atoms with Crippen LogP contribution < -0.4 is 5.73 Å². The monoisotopic (exact) mass is 272 g/mol. The molecule has 0 spiro atoms. The number of methoxy groups -OCH3 is 2. The maximum absolute atomic E-state index is 6.17. The summed E-state index contributed by atoms with van der Waals surface area (Å²) in [7, 11) is 3.53. The molecule has 3 unspecified atom stereocenters. The molecule has 1 aliphatic carbocycles. The second-order valence-electron chi connectivity index (χ2n) is 5.94. The first-order valence-electron chi connectivity index (χ1n) is 7.58. The van der Waals surface area contributed by atoms with Crippen molar-refractivity contribution in [2.75, 3.05) is 40.5 Å². The topological polar surface area (TPSA) is 47.7 Å². The van der Waals surface area contributed by atoms with E-state index in [1.54, 1.807) is 14.2 Å². The third-order valence-electron chi connectivity index (χ3n) is 4.73. The fourth-order valence-corrected chi connectivity index (χ4v) is 3.57. The number of rotatable bonds is 9. The van der Waals surface area contributed by atoms with Gasteiger partial charge in [0.2, 0.25) is 0 Å². The van der Waals surface area contributed by atoms with Gasteiger partial charge in [0.1, 0.15) is 0 Å². The Bertz CT molecular complexity index is 250. The van der Waals surface area contributed by atoms with Crippen molar-refractivity contribution in [3.63, 3.8) is 0 Å². The molecule has 3 atom stereocenters. The Morgan fingerprint density at radius 3 is 2.58 bits per heavy atom. The van der Waals surface area contributed by atoms with Crippen LogP contribution in [0.5, 0.6) is 0 Å². The third kappa shape index (κ3) is 4.15. The normalized spacial score (nSPS) is 29.1. The summed E-state index contributed by atoms with van der Waals surface area (Å²) in [6, 6.07) is 0.388. The summed E-state index contributed by atoms with van der Waals surface area (Å²) in [5.41, 5.74) is 6.32. The molecular weight excluding hydrogens is 240 g/mol. The van der Waals surface area contributed by atoms with Crippen molar-refractivity contribution in [1.29, 1.82) is 0 Å². The minimum Gasteiger partial charge on any atom is -0.383 e. The van der Waals surface area contributed by atoms with Gasteiger partial charge in [-0.05, 0) is 32.1 Å². The molecule has 19 heavy (non-hydrogen) atoms. The lowest BCUT2D eigenvalue weighted by atomic mass is 9.91. The Morgan fingerprint density at radius 1 is 1.37 bits per heavy atom. The SMILES string of the molecule is CCC1CCC(CN)(N(CCOC)C(C)COC)C1. The molecule has 1 rings (SSSR count). The van der Waals surface area contributed by atoms with Crippen molar-refractivity contribution in [2.24, 2.45) is 11.7 Å². The van der Waals surface area contributed by atoms with E-state index in [9.17, 15) is 0 Å². The predicted molar refractivity (Wildman–Crippen MR) is 79.3 cm³/mol. The standard InChI is InChI=1S/C15H32N2O2/c1-5-14-6-7-15(10-14,12-16)17(8-9-18-3)13(2)11-19-4/h13-14H,5-12,16H2,1-4H3. The van der Waals surface area contributed by atoms with Crippen LogP contribution in [-0.4, -0.2) is 57.0 Å². The molecule has 114 valence electrons. The van der Waals surface area contributed by atoms with E-state index in [-0.39, 0.29) is 5.54 Å². The molecule has 0 saturated heterocycles. The largest absolute Gasteiger partial charge is 0.383 e. The molecule has 0 amide bonds. The second-order valence-corrected chi connectivity index (χ2v) is 5.94. The van der Waals surface area contributed by atoms with E-state index in [2.05, 4.69) is 18.7 Å². The van der Waals surface area contributed by atoms with Gasteiger partial charge >= 0.3 is 0 Å². The van der Waals surface area contributed by atoms with Crippen molar-refractivity contribution < 1.29 is 9.47 Å². The van der Waals surface area contributed by atoms with Gasteiger partial charge in [0.25, 0.3) is 0 Å². The zero-order valence-corrected chi connectivity index (χ0v) is 13.2. The van der Waals surface area contributed by atoms with Gasteiger partial charge in [-0.15, -0.1) is 0 Å². The lowest BCUT2D eigenvalue weighted by Gasteiger charge is -2.44. The first kappa shape index (κ1) is 16.9. The van der Waals surface area contributed by atoms with Gasteiger partial charge in [0, 0.05) is 38.9 Å². The van der Waals surface area contributed by atoms with E-state index in [0.717, 1.165) is 32.2 Å². The van der Waals surface area contributed by atoms with E-state index in [0.29, 0.717) is 6.04 Å². The molecule has 1 fully saturated rings. The molecule has 1 aliphatic rings. The van der Waals surface area contributed by atoms with Crippen molar-refractivity contribution in [1.82, 2.24) is 4.90 Å². The fourth-order valence-electron chi connectivity index (χ4n) is 3.57. The molecule has 0 heterocycles. The number of hydrogen-bond acceptors (Lipinski definition) is 4. The Hall–Kier alpha value is -0.160. The van der Waals surface area contributed by atoms with Crippen LogP contribution in [0.2, 0.25) is 0 Å². The minimum atomic E-state index is 0.150. The van der Waals surface area contributed by atoms with Crippen LogP contribution in [0, 0.1) is 5.92 Å². The third-order valence-corrected chi connectivity index (χ3v) is 4.73. The van der Waals surface area contributed by atoms with Crippen molar-refractivity contribution in [2.45, 2.75) is 51.1 Å². The van der Waals surface area contributed by atoms with E-state index in [1.807, 2.05) is 0 Å². The minimum absolute atomic E-state index is 0.150. The van der Waals surface area contributed by atoms with Crippen LogP contribution in [0.25, 0.3) is 0 Å². The maximum atomic E-state index is 6.17. The van der Waals surface area contributed by atoms with Crippen molar-refractivity contribution in [3.05, 3.63) is 0 Å². The van der Waals surface area contributed by atoms with Gasteiger partial charge in [-0.1, -0.05) is 13.3 Å². The summed E-state index contributed by atoms with van der Waals surface area (Å²) in [6.45, 7) is 7.70. The molecule has 0 bridgehead atoms. The summed E-state index contributed by atoms with van der Waals surface area (Å²) in [5.74, 6) is 0.823. The Kier molecular flexibility index (Phi) is 7.29. The predicted octanol–water partition coefficient (Wildman–Crippen LogP) is 1.88. The zero-order valence-electron chi connectivity index (χ0n) is 13.2. The quantitative estimate of drug-likeness (QED) is 0.696. The summed E-state index contributed by atoms with van der Waals surface area (Å²) in [6.07, 6.45) is 4.99. The van der Waals surface area contributed by atoms with Crippen LogP contribution in [0.3, 0.4) is 0 Å². The zero-order chi connectivity index (χ0) is 14.3. The average Bonchev–Trinajstić information content (AvgIpc) is 2.84. The Morgan fingerprint density at radius 2 is 2.11 bits per heavy atom. The van der Waals surface area contributed by atoms with Crippen LogP contribution >= 0.6 is 0 Å². The highest BCUT2D eigenvalue weighted by Crippen LogP contribution is 2.40. The lowest BCUT2D eigenvalue weighted by molar-refractivity contribution is 0.000168. The molecule has 2 N–H and O–H groups in total. The van der Waals surface area contributed by atoms with Gasteiger partial charge in [0.15, 0.2) is 0 Å². The van der Waals surface area contributed by atoms with Gasteiger partial charge in [-0.3, -0.25) is 4.90 Å². The molecule has 0 aromatic heterocycles. The molecular formula is C15H32N2O2. The lowest BCUT2D eigenvalue weighted by Crippen LogP contribution is -2.57. The fraction of sp³-hybridized carbons (Fsp3) is 1.00. The summed E-state index contributed by atoms with van der Waals surface area (Å²) in [5, 5.41) is 0. The van der Waals surface area contributed by atoms with Gasteiger partial charge in [-0.2, -0.15) is 0 Å². The first-order chi connectivity index (χ1) is 9.13. The smallest absolute Gasteiger partial charge is 0.0615 e. The molecule has 0 radical (unpaired) electrons. The van der Waals surface area contributed by atoms with Crippen molar-refractivity contribution in [3.8, 4) is 0 Å². The molecule has 4 nitrogen and oxygen atoms in total. The van der Waals surface area contributed by atoms with Crippen LogP contribution in [-0.2, 0) is 9.47 Å². The molecule has 0 aliphatic heterocycles. The van der Waals surface area contributed by atoms with Crippen LogP contribution in [0.4, 0.5) is 0 Å². The van der Waals surface area contributed by atoms with Crippen LogP contribution in [0.15, 0.2) is 0 Å². The maximum Gasteiger partial charge on any atom is 0.0615 e. The average molecular weight is 272 g/mol. The van der Waals surface area contributed by atoms with Crippen molar-refractivity contribution >= 4 is 0 Å². The highest BCUT2D eigenvalue weighted by molar-refractivity contribution is 5.00. The number of nitrogens with zero attached hydrogens (tertiary/aromatic N) is 1. The van der Waals surface area contributed by atoms with E-state index in [1.165, 1.54) is 25.7 Å². The molecule has 0 aromatic rings. The molecule has 1 saturated carbocycles. The van der Waals surface area contributed by atoms with Crippen LogP contribution in [0.1, 0.15) is 39.5 Å². The second kappa shape index (κ2) is 8.20. The number of nitrogens with two attached hydrogens (primary N) is 1. The Labute approximate surface area is 118 Å². The number of hydrogen-bond donors (Lipinski definition) is 1. The van der Waals surface area contributed by atoms with Gasteiger partial charge in [-0.25, -0.2) is 0 Å². The van der Waals surface area contributed by atoms with E-state index < -0.39 is 0 Å². The summed E-state index contributed by atoms with van der Waals surface area (Å²) >= 11 is 0. The first-order valence-corrected chi connectivity index (χ1v) is 7.58. The molecule has 0 aromatic carbocycles. The highest BCUT2D eigenvalue weighted by atomic mass is 16.5. The van der Waals surface area contributed by atoms with E-state index >= 15 is 0 Å². The van der Waals surface area contributed by atoms with Gasteiger partial charge in [0.05, 0.1) is 13.2 Å². The van der Waals surface area contributed by atoms with Gasteiger partial charge < -0.3 is 15.2 Å². The molecule has 4 heteroatoms. The summed E-state index contributed by atoms with van der Waals surface area (Å²) < 4.78 is 10.6. The number of ether oxygens (including phenoxy) is 2. The van der Waals surface area contributed by atoms with E-state index in [4.69, 9.17) is 15.2 Å². The highest BCUT2D eigenvalue weighted by Gasteiger charge is 2.43. The Balaban J connectivity index is 2.80.